The third-order valence-electron chi connectivity index (χ3n) is 4.91. The van der Waals surface area contributed by atoms with E-state index in [4.69, 9.17) is 9.90 Å². The van der Waals surface area contributed by atoms with E-state index in [2.05, 4.69) is 15.2 Å². The number of nitrogens with zero attached hydrogens (tertiary/aromatic N) is 4. The van der Waals surface area contributed by atoms with Crippen LogP contribution in [0.5, 0.6) is 0 Å². The first-order chi connectivity index (χ1) is 14.2. The Morgan fingerprint density at radius 3 is 2.33 bits per heavy atom. The minimum absolute atomic E-state index is 0.0783. The molecule has 0 saturated carbocycles. The molecule has 2 fully saturated rings. The number of fused-ring (bicyclic) bond motifs is 1. The van der Waals surface area contributed by atoms with Crippen molar-refractivity contribution in [2.45, 2.75) is 12.7 Å². The minimum Gasteiger partial charge on any atom is -0.475 e. The predicted octanol–water partition coefficient (Wildman–Crippen LogP) is 1.17. The summed E-state index contributed by atoms with van der Waals surface area (Å²) in [5.41, 5.74) is 1.56. The summed E-state index contributed by atoms with van der Waals surface area (Å²) in [6, 6.07) is 5.51. The summed E-state index contributed by atoms with van der Waals surface area (Å²) < 4.78 is 31.7. The van der Waals surface area contributed by atoms with Gasteiger partial charge in [-0.15, -0.1) is 0 Å². The van der Waals surface area contributed by atoms with Gasteiger partial charge >= 0.3 is 12.1 Å². The van der Waals surface area contributed by atoms with Gasteiger partial charge in [0.15, 0.2) is 0 Å². The van der Waals surface area contributed by atoms with Gasteiger partial charge < -0.3 is 14.9 Å². The monoisotopic (exact) mass is 425 g/mol. The largest absolute Gasteiger partial charge is 0.490 e. The number of hydrogen-bond acceptors (Lipinski definition) is 5. The lowest BCUT2D eigenvalue weighted by molar-refractivity contribution is -0.192. The molecule has 2 aliphatic rings. The van der Waals surface area contributed by atoms with E-state index in [-0.39, 0.29) is 23.7 Å². The van der Waals surface area contributed by atoms with E-state index in [9.17, 15) is 22.8 Å². The van der Waals surface area contributed by atoms with Crippen LogP contribution in [0.1, 0.15) is 16.1 Å². The number of alkyl halides is 3. The van der Waals surface area contributed by atoms with E-state index in [0.29, 0.717) is 31.9 Å². The fourth-order valence-corrected chi connectivity index (χ4v) is 3.51. The number of carboxylic acid groups (broad SMARTS) is 1. The Balaban J connectivity index is 0.000000318. The van der Waals surface area contributed by atoms with Crippen LogP contribution < -0.4 is 0 Å². The zero-order valence-corrected chi connectivity index (χ0v) is 15.5. The molecule has 0 bridgehead atoms. The highest BCUT2D eigenvalue weighted by molar-refractivity contribution is 5.93. The maximum absolute atomic E-state index is 12.6. The standard InChI is InChI=1S/C16H17N5O2.C2HF3O2/c22-15-13-10-21(16(23)14-3-6-18-19-14)9-12(13)8-20(15)7-11-1-4-17-5-2-11;3-2(4,5)1(6)7/h1-6,12-13H,7-10H2,(H,18,19);(H,6,7)/t12-,13+;/m1./s1. The summed E-state index contributed by atoms with van der Waals surface area (Å²) in [4.78, 5) is 41.5. The molecule has 2 aromatic rings. The highest BCUT2D eigenvalue weighted by Gasteiger charge is 2.47. The Morgan fingerprint density at radius 1 is 1.13 bits per heavy atom. The number of hydrogen-bond donors (Lipinski definition) is 2. The molecule has 2 atom stereocenters. The van der Waals surface area contributed by atoms with Gasteiger partial charge in [0.1, 0.15) is 5.69 Å². The first-order valence-electron chi connectivity index (χ1n) is 8.93. The molecule has 0 aliphatic carbocycles. The number of pyridine rings is 1. The van der Waals surface area contributed by atoms with Crippen LogP contribution in [0.15, 0.2) is 36.8 Å². The molecule has 9 nitrogen and oxygen atoms in total. The van der Waals surface area contributed by atoms with Crippen LogP contribution >= 0.6 is 0 Å². The fraction of sp³-hybridized carbons (Fsp3) is 0.389. The van der Waals surface area contributed by atoms with E-state index >= 15 is 0 Å². The molecule has 0 radical (unpaired) electrons. The second kappa shape index (κ2) is 8.51. The second-order valence-corrected chi connectivity index (χ2v) is 6.92. The van der Waals surface area contributed by atoms with Gasteiger partial charge in [-0.3, -0.25) is 19.7 Å². The first-order valence-corrected chi connectivity index (χ1v) is 8.93. The minimum atomic E-state index is -5.08. The summed E-state index contributed by atoms with van der Waals surface area (Å²) in [6.45, 7) is 2.44. The van der Waals surface area contributed by atoms with Crippen molar-refractivity contribution in [1.29, 1.82) is 0 Å². The lowest BCUT2D eigenvalue weighted by Crippen LogP contribution is -2.35. The van der Waals surface area contributed by atoms with Gasteiger partial charge in [-0.2, -0.15) is 18.3 Å². The Labute approximate surface area is 168 Å². The van der Waals surface area contributed by atoms with Crippen molar-refractivity contribution in [1.82, 2.24) is 25.0 Å². The number of H-pyrrole nitrogens is 1. The number of carbonyl (C=O) groups excluding carboxylic acids is 2. The van der Waals surface area contributed by atoms with Crippen molar-refractivity contribution in [3.63, 3.8) is 0 Å². The molecule has 30 heavy (non-hydrogen) atoms. The van der Waals surface area contributed by atoms with Crippen molar-refractivity contribution < 1.29 is 32.7 Å². The maximum atomic E-state index is 12.6. The SMILES string of the molecule is O=C(O)C(F)(F)F.O=C(c1ccn[nH]1)N1C[C@H]2CN(Cc3ccncc3)C(=O)[C@H]2C1. The van der Waals surface area contributed by atoms with Gasteiger partial charge in [0.05, 0.1) is 5.92 Å². The first kappa shape index (κ1) is 21.3. The smallest absolute Gasteiger partial charge is 0.475 e. The third kappa shape index (κ3) is 4.75. The van der Waals surface area contributed by atoms with Crippen molar-refractivity contribution in [2.75, 3.05) is 19.6 Å². The normalized spacial score (nSPS) is 20.6. The molecule has 0 aromatic carbocycles. The van der Waals surface area contributed by atoms with E-state index in [0.717, 1.165) is 5.56 Å². The van der Waals surface area contributed by atoms with Crippen LogP contribution in [-0.4, -0.2) is 73.7 Å². The molecule has 2 amide bonds. The molecule has 0 spiro atoms. The fourth-order valence-electron chi connectivity index (χ4n) is 3.51. The molecule has 2 saturated heterocycles. The van der Waals surface area contributed by atoms with Gasteiger partial charge in [-0.05, 0) is 23.8 Å². The van der Waals surface area contributed by atoms with Crippen LogP contribution in [0.3, 0.4) is 0 Å². The van der Waals surface area contributed by atoms with Gasteiger partial charge in [0, 0.05) is 50.7 Å². The number of aromatic nitrogens is 3. The number of nitrogens with one attached hydrogen (secondary N) is 1. The van der Waals surface area contributed by atoms with E-state index < -0.39 is 12.1 Å². The Morgan fingerprint density at radius 2 is 1.80 bits per heavy atom. The Hall–Kier alpha value is -3.44. The van der Waals surface area contributed by atoms with Gasteiger partial charge in [-0.25, -0.2) is 4.79 Å². The molecule has 12 heteroatoms. The molecule has 4 rings (SSSR count). The van der Waals surface area contributed by atoms with Crippen molar-refractivity contribution in [3.8, 4) is 0 Å². The van der Waals surface area contributed by atoms with Crippen LogP contribution in [0, 0.1) is 11.8 Å². The summed E-state index contributed by atoms with van der Waals surface area (Å²) in [6.07, 6.45) is -0.0469. The average molecular weight is 425 g/mol. The predicted molar refractivity (Wildman–Crippen MR) is 94.8 cm³/mol. The van der Waals surface area contributed by atoms with Crippen molar-refractivity contribution in [2.24, 2.45) is 11.8 Å². The Bertz CT molecular complexity index is 904. The highest BCUT2D eigenvalue weighted by atomic mass is 19.4. The zero-order chi connectivity index (χ0) is 21.9. The number of carboxylic acids is 1. The Kier molecular flexibility index (Phi) is 6.04. The van der Waals surface area contributed by atoms with Gasteiger partial charge in [0.2, 0.25) is 5.91 Å². The number of aromatic amines is 1. The van der Waals surface area contributed by atoms with Crippen LogP contribution in [0.4, 0.5) is 13.2 Å². The van der Waals surface area contributed by atoms with Crippen LogP contribution in [0.25, 0.3) is 0 Å². The number of aliphatic carboxylic acids is 1. The van der Waals surface area contributed by atoms with Crippen LogP contribution in [-0.2, 0) is 16.1 Å². The number of halogens is 3. The molecule has 2 aliphatic heterocycles. The summed E-state index contributed by atoms with van der Waals surface area (Å²) in [5, 5.41) is 13.6. The molecule has 160 valence electrons. The quantitative estimate of drug-likeness (QED) is 0.762. The topological polar surface area (TPSA) is 119 Å². The van der Waals surface area contributed by atoms with E-state index in [1.54, 1.807) is 29.6 Å². The highest BCUT2D eigenvalue weighted by Crippen LogP contribution is 2.33. The second-order valence-electron chi connectivity index (χ2n) is 6.92. The number of likely N-dealkylation sites (tertiary alicyclic amines) is 2. The van der Waals surface area contributed by atoms with E-state index in [1.165, 1.54) is 0 Å². The number of rotatable bonds is 3. The lowest BCUT2D eigenvalue weighted by Gasteiger charge is -2.21. The molecule has 2 N–H and O–H groups in total. The lowest BCUT2D eigenvalue weighted by atomic mass is 10.0. The summed E-state index contributed by atoms with van der Waals surface area (Å²) in [7, 11) is 0. The van der Waals surface area contributed by atoms with Crippen molar-refractivity contribution in [3.05, 3.63) is 48.0 Å². The molecule has 4 heterocycles. The maximum Gasteiger partial charge on any atom is 0.490 e. The zero-order valence-electron chi connectivity index (χ0n) is 15.5. The molecular formula is C18H18F3N5O4. The number of amides is 2. The van der Waals surface area contributed by atoms with Gasteiger partial charge in [0.25, 0.3) is 5.91 Å². The van der Waals surface area contributed by atoms with Crippen molar-refractivity contribution >= 4 is 17.8 Å². The molecule has 2 aromatic heterocycles. The van der Waals surface area contributed by atoms with E-state index in [1.807, 2.05) is 17.0 Å². The molecule has 0 unspecified atom stereocenters. The number of carbonyl (C=O) groups is 3. The average Bonchev–Trinajstić information content (AvgIpc) is 3.42. The third-order valence-corrected chi connectivity index (χ3v) is 4.91. The molecular weight excluding hydrogens is 407 g/mol. The summed E-state index contributed by atoms with van der Waals surface area (Å²) in [5.74, 6) is -2.55. The summed E-state index contributed by atoms with van der Waals surface area (Å²) >= 11 is 0. The van der Waals surface area contributed by atoms with Gasteiger partial charge in [-0.1, -0.05) is 0 Å². The van der Waals surface area contributed by atoms with Crippen LogP contribution in [0.2, 0.25) is 0 Å².